The molecule has 0 aliphatic carbocycles. The number of aromatic nitrogens is 1. The van der Waals surface area contributed by atoms with Gasteiger partial charge >= 0.3 is 17.9 Å². The Bertz CT molecular complexity index is 2400. The zero-order valence-corrected chi connectivity index (χ0v) is 32.0. The van der Waals surface area contributed by atoms with Crippen LogP contribution < -0.4 is 19.6 Å². The minimum atomic E-state index is -0.969. The number of amides is 5. The number of carbonyl (C=O) groups excluding carboxylic acids is 5. The van der Waals surface area contributed by atoms with E-state index in [9.17, 15) is 24.0 Å². The summed E-state index contributed by atoms with van der Waals surface area (Å²) in [6, 6.07) is 27.0. The van der Waals surface area contributed by atoms with Gasteiger partial charge in [0.2, 0.25) is 0 Å². The first-order valence-corrected chi connectivity index (χ1v) is 17.8. The van der Waals surface area contributed by atoms with Gasteiger partial charge < -0.3 is 24.1 Å². The number of likely N-dealkylation sites (N-methyl/N-ethyl adjacent to an activating group) is 1. The van der Waals surface area contributed by atoms with Crippen LogP contribution in [0.4, 0.5) is 33.4 Å². The van der Waals surface area contributed by atoms with Crippen LogP contribution in [-0.2, 0) is 33.4 Å². The van der Waals surface area contributed by atoms with Crippen LogP contribution in [0.2, 0.25) is 0 Å². The van der Waals surface area contributed by atoms with Crippen molar-refractivity contribution < 1.29 is 38.2 Å². The van der Waals surface area contributed by atoms with E-state index in [0.29, 0.717) is 17.2 Å². The van der Waals surface area contributed by atoms with E-state index >= 15 is 0 Å². The van der Waals surface area contributed by atoms with E-state index in [1.165, 1.54) is 37.3 Å². The van der Waals surface area contributed by atoms with Gasteiger partial charge in [0.25, 0.3) is 11.8 Å². The molecule has 0 bridgehead atoms. The van der Waals surface area contributed by atoms with E-state index in [1.54, 1.807) is 32.9 Å². The van der Waals surface area contributed by atoms with Gasteiger partial charge in [-0.3, -0.25) is 19.2 Å². The average molecular weight is 767 g/mol. The second-order valence-electron chi connectivity index (χ2n) is 14.0. The molecular weight excluding hydrogens is 729 g/mol. The predicted octanol–water partition coefficient (Wildman–Crippen LogP) is 6.76. The van der Waals surface area contributed by atoms with E-state index in [1.807, 2.05) is 84.8 Å². The number of imide groups is 2. The molecule has 3 aliphatic heterocycles. The standard InChI is InChI=1S/C43H38N6O8/c1-43(2,3)57-42(54)47(28-21-29(48-37(50)24-33(55-5)40(48)52)23-30(22-28)49-38(51)25-34(56-6)41(49)53)36-20-18-32(45-36)39(26-13-9-7-10-14-26)31-17-19-35(44-31)46(4)27-15-11-8-12-16-27/h7-25,45H,1-6H3/b39-31-. The number of anilines is 5. The monoisotopic (exact) mass is 766 g/mol. The molecule has 57 heavy (non-hydrogen) atoms. The number of methoxy groups -OCH3 is 2. The van der Waals surface area contributed by atoms with Gasteiger partial charge in [-0.25, -0.2) is 24.5 Å². The van der Waals surface area contributed by atoms with Crippen LogP contribution in [0.1, 0.15) is 32.0 Å². The van der Waals surface area contributed by atoms with Crippen molar-refractivity contribution in [2.45, 2.75) is 26.4 Å². The molecule has 0 spiro atoms. The number of benzene rings is 3. The van der Waals surface area contributed by atoms with E-state index in [2.05, 4.69) is 4.98 Å². The largest absolute Gasteiger partial charge is 0.491 e. The lowest BCUT2D eigenvalue weighted by molar-refractivity contribution is -0.123. The molecule has 1 aromatic heterocycles. The Morgan fingerprint density at radius 2 is 1.28 bits per heavy atom. The third-order valence-electron chi connectivity index (χ3n) is 9.07. The average Bonchev–Trinajstić information content (AvgIpc) is 3.98. The zero-order chi connectivity index (χ0) is 40.6. The summed E-state index contributed by atoms with van der Waals surface area (Å²) in [5.41, 5.74) is 2.73. The Hall–Kier alpha value is -7.48. The molecule has 5 amide bonds. The maximum atomic E-state index is 14.3. The summed E-state index contributed by atoms with van der Waals surface area (Å²) in [5.74, 6) is -2.54. The third kappa shape index (κ3) is 7.35. The van der Waals surface area contributed by atoms with Crippen molar-refractivity contribution >= 4 is 69.7 Å². The van der Waals surface area contributed by atoms with Gasteiger partial charge in [0.1, 0.15) is 17.3 Å². The number of rotatable bonds is 9. The highest BCUT2D eigenvalue weighted by Crippen LogP contribution is 2.39. The molecule has 0 unspecified atom stereocenters. The van der Waals surface area contributed by atoms with Crippen LogP contribution in [0.5, 0.6) is 0 Å². The lowest BCUT2D eigenvalue weighted by atomic mass is 10.0. The van der Waals surface area contributed by atoms with Crippen molar-refractivity contribution in [2.24, 2.45) is 4.99 Å². The Kier molecular flexibility index (Phi) is 9.94. The van der Waals surface area contributed by atoms with Crippen molar-refractivity contribution in [3.8, 4) is 0 Å². The number of aliphatic imine (C=N–C) groups is 1. The maximum absolute atomic E-state index is 14.3. The number of carbonyl (C=O) groups is 5. The molecule has 4 aromatic rings. The van der Waals surface area contributed by atoms with Gasteiger partial charge in [0.15, 0.2) is 11.5 Å². The molecule has 7 rings (SSSR count). The van der Waals surface area contributed by atoms with Crippen molar-refractivity contribution in [2.75, 3.05) is 40.9 Å². The number of allylic oxidation sites excluding steroid dienone is 1. The normalized spacial score (nSPS) is 16.1. The molecule has 0 saturated carbocycles. The summed E-state index contributed by atoms with van der Waals surface area (Å²) < 4.78 is 16.1. The number of nitrogens with one attached hydrogen (secondary N) is 1. The highest BCUT2D eigenvalue weighted by molar-refractivity contribution is 6.32. The first-order chi connectivity index (χ1) is 27.3. The molecule has 0 fully saturated rings. The van der Waals surface area contributed by atoms with Gasteiger partial charge in [-0.05, 0) is 81.0 Å². The van der Waals surface area contributed by atoms with Gasteiger partial charge in [-0.15, -0.1) is 0 Å². The number of ether oxygens (including phenoxy) is 3. The van der Waals surface area contributed by atoms with Gasteiger partial charge in [0, 0.05) is 24.0 Å². The van der Waals surface area contributed by atoms with E-state index in [0.717, 1.165) is 38.8 Å². The minimum absolute atomic E-state index is 0.0440. The van der Waals surface area contributed by atoms with Crippen molar-refractivity contribution in [3.63, 3.8) is 0 Å². The molecule has 14 heteroatoms. The summed E-state index contributed by atoms with van der Waals surface area (Å²) in [7, 11) is 4.44. The molecule has 0 atom stereocenters. The fourth-order valence-corrected chi connectivity index (χ4v) is 6.46. The number of aromatic amines is 1. The Labute approximate surface area is 328 Å². The third-order valence-corrected chi connectivity index (χ3v) is 9.07. The molecule has 1 N–H and O–H groups in total. The minimum Gasteiger partial charge on any atom is -0.491 e. The molecule has 0 radical (unpaired) electrons. The summed E-state index contributed by atoms with van der Waals surface area (Å²) in [4.78, 5) is 80.6. The molecule has 0 saturated heterocycles. The highest BCUT2D eigenvalue weighted by atomic mass is 16.6. The van der Waals surface area contributed by atoms with Crippen molar-refractivity contribution in [3.05, 3.63) is 144 Å². The number of nitrogens with zero attached hydrogens (tertiary/aromatic N) is 5. The smallest absolute Gasteiger partial charge is 0.420 e. The summed E-state index contributed by atoms with van der Waals surface area (Å²) >= 11 is 0. The topological polar surface area (TPSA) is 154 Å². The number of para-hydroxylation sites is 1. The molecule has 14 nitrogen and oxygen atoms in total. The van der Waals surface area contributed by atoms with Gasteiger partial charge in [0.05, 0.1) is 49.1 Å². The zero-order valence-electron chi connectivity index (χ0n) is 32.0. The lowest BCUT2D eigenvalue weighted by Crippen LogP contribution is -2.36. The predicted molar refractivity (Wildman–Crippen MR) is 215 cm³/mol. The second-order valence-corrected chi connectivity index (χ2v) is 14.0. The summed E-state index contributed by atoms with van der Waals surface area (Å²) in [6.07, 6.45) is 5.04. The molecular formula is C43H38N6O8. The van der Waals surface area contributed by atoms with Crippen LogP contribution in [0.15, 0.2) is 138 Å². The number of hydrogen-bond acceptors (Lipinski definition) is 10. The molecule has 3 aliphatic rings. The van der Waals surface area contributed by atoms with Crippen LogP contribution in [0, 0.1) is 0 Å². The van der Waals surface area contributed by atoms with Crippen molar-refractivity contribution in [1.29, 1.82) is 0 Å². The second kappa shape index (κ2) is 15.0. The van der Waals surface area contributed by atoms with Gasteiger partial charge in [-0.1, -0.05) is 48.5 Å². The SMILES string of the molecule is COC1=CC(=O)N(c2cc(N3C(=O)C=C(OC)C3=O)cc(N(C(=O)OC(C)(C)C)c3ccc(/C(=C4/C=CC(N(C)c5ccccc5)=N4)c4ccccc4)[nH]3)c2)C1=O. The number of amidine groups is 1. The number of H-pyrrole nitrogens is 1. The fraction of sp³-hybridized carbons (Fsp3) is 0.163. The molecule has 4 heterocycles. The fourth-order valence-electron chi connectivity index (χ4n) is 6.46. The van der Waals surface area contributed by atoms with Gasteiger partial charge in [-0.2, -0.15) is 0 Å². The van der Waals surface area contributed by atoms with Crippen LogP contribution >= 0.6 is 0 Å². The summed E-state index contributed by atoms with van der Waals surface area (Å²) in [6.45, 7) is 5.11. The Morgan fingerprint density at radius 1 is 0.719 bits per heavy atom. The molecule has 288 valence electrons. The first-order valence-electron chi connectivity index (χ1n) is 17.8. The number of hydrogen-bond donors (Lipinski definition) is 1. The van der Waals surface area contributed by atoms with Crippen LogP contribution in [-0.4, -0.2) is 67.4 Å². The Morgan fingerprint density at radius 3 is 1.81 bits per heavy atom. The molecule has 3 aromatic carbocycles. The lowest BCUT2D eigenvalue weighted by Gasteiger charge is -2.28. The highest BCUT2D eigenvalue weighted by Gasteiger charge is 2.38. The summed E-state index contributed by atoms with van der Waals surface area (Å²) in [5, 5.41) is 0. The van der Waals surface area contributed by atoms with E-state index < -0.39 is 35.3 Å². The maximum Gasteiger partial charge on any atom is 0.420 e. The first kappa shape index (κ1) is 37.8. The van der Waals surface area contributed by atoms with Crippen molar-refractivity contribution in [1.82, 2.24) is 4.98 Å². The quantitative estimate of drug-likeness (QED) is 0.182. The van der Waals surface area contributed by atoms with Crippen LogP contribution in [0.3, 0.4) is 0 Å². The van der Waals surface area contributed by atoms with E-state index in [-0.39, 0.29) is 34.4 Å². The Balaban J connectivity index is 1.38. The van der Waals surface area contributed by atoms with E-state index in [4.69, 9.17) is 19.2 Å². The van der Waals surface area contributed by atoms with Crippen LogP contribution in [0.25, 0.3) is 5.57 Å².